The summed E-state index contributed by atoms with van der Waals surface area (Å²) < 4.78 is 12.9. The molecule has 6 heteroatoms. The van der Waals surface area contributed by atoms with Crippen LogP contribution in [0.25, 0.3) is 0 Å². The third kappa shape index (κ3) is 5.16. The van der Waals surface area contributed by atoms with Crippen LogP contribution in [0.1, 0.15) is 130 Å². The maximum Gasteiger partial charge on any atom is 0.163 e. The summed E-state index contributed by atoms with van der Waals surface area (Å²) in [4.78, 5) is 55.1. The molecule has 46 heavy (non-hydrogen) atoms. The fraction of sp³-hybridized carbons (Fsp3) is 0.550. The van der Waals surface area contributed by atoms with Gasteiger partial charge < -0.3 is 9.47 Å². The largest absolute Gasteiger partial charge is 0.465 e. The van der Waals surface area contributed by atoms with E-state index < -0.39 is 11.8 Å². The fourth-order valence-electron chi connectivity index (χ4n) is 8.90. The van der Waals surface area contributed by atoms with Gasteiger partial charge in [0.2, 0.25) is 0 Å². The molecular formula is C40H46O6. The molecule has 0 aromatic heterocycles. The normalized spacial score (nSPS) is 27.1. The van der Waals surface area contributed by atoms with Gasteiger partial charge in [-0.2, -0.15) is 0 Å². The molecule has 0 spiro atoms. The first kappa shape index (κ1) is 31.1. The highest BCUT2D eigenvalue weighted by atomic mass is 16.5. The van der Waals surface area contributed by atoms with Crippen LogP contribution in [0, 0.1) is 21.7 Å². The van der Waals surface area contributed by atoms with E-state index in [0.717, 1.165) is 11.1 Å². The van der Waals surface area contributed by atoms with E-state index >= 15 is 0 Å². The van der Waals surface area contributed by atoms with Gasteiger partial charge in [0.15, 0.2) is 23.1 Å². The first-order chi connectivity index (χ1) is 21.3. The zero-order valence-electron chi connectivity index (χ0n) is 28.6. The topological polar surface area (TPSA) is 86.7 Å². The molecule has 2 heterocycles. The monoisotopic (exact) mass is 622 g/mol. The number of Topliss-reactive ketones (excluding diaryl/α,β-unsaturated/α-hetero) is 4. The Balaban J connectivity index is 1.35. The molecule has 7 rings (SSSR count). The van der Waals surface area contributed by atoms with Crippen LogP contribution < -0.4 is 0 Å². The highest BCUT2D eigenvalue weighted by Crippen LogP contribution is 2.55. The van der Waals surface area contributed by atoms with Gasteiger partial charge in [-0.25, -0.2) is 0 Å². The molecule has 2 aliphatic heterocycles. The Morgan fingerprint density at radius 2 is 0.630 bits per heavy atom. The van der Waals surface area contributed by atoms with Gasteiger partial charge in [0, 0.05) is 85.5 Å². The molecule has 0 atom stereocenters. The van der Waals surface area contributed by atoms with Crippen molar-refractivity contribution in [3.63, 3.8) is 0 Å². The van der Waals surface area contributed by atoms with Crippen LogP contribution in [0.2, 0.25) is 0 Å². The van der Waals surface area contributed by atoms with Crippen molar-refractivity contribution >= 4 is 23.1 Å². The average Bonchev–Trinajstić information content (AvgIpc) is 2.88. The van der Waals surface area contributed by atoms with Crippen molar-refractivity contribution in [1.29, 1.82) is 0 Å². The lowest BCUT2D eigenvalue weighted by atomic mass is 9.64. The van der Waals surface area contributed by atoms with Gasteiger partial charge in [0.05, 0.1) is 0 Å². The van der Waals surface area contributed by atoms with Crippen LogP contribution in [0.5, 0.6) is 0 Å². The van der Waals surface area contributed by atoms with Crippen LogP contribution in [0.3, 0.4) is 0 Å². The first-order valence-electron chi connectivity index (χ1n) is 16.8. The maximum atomic E-state index is 13.8. The minimum atomic E-state index is -0.492. The molecule has 4 aliphatic carbocycles. The van der Waals surface area contributed by atoms with Gasteiger partial charge in [-0.1, -0.05) is 79.7 Å². The van der Waals surface area contributed by atoms with Crippen molar-refractivity contribution < 1.29 is 28.7 Å². The van der Waals surface area contributed by atoms with Gasteiger partial charge in [-0.05, 0) is 32.8 Å². The zero-order chi connectivity index (χ0) is 33.1. The molecule has 1 aromatic carbocycles. The SMILES string of the molecule is CC1(C)CC(=O)C2=C(C1)OC1=C(C(=O)CC(C)(C)C1)C2c1ccc(C2C3=C(CC(C)(C)CC3=O)OC3=C2C(=O)CC(C)(C)C3)cc1. The summed E-state index contributed by atoms with van der Waals surface area (Å²) in [6.45, 7) is 16.7. The predicted octanol–water partition coefficient (Wildman–Crippen LogP) is 8.49. The van der Waals surface area contributed by atoms with Crippen molar-refractivity contribution in [2.75, 3.05) is 0 Å². The summed E-state index contributed by atoms with van der Waals surface area (Å²) in [5, 5.41) is 0. The number of allylic oxidation sites excluding steroid dienone is 8. The zero-order valence-corrected chi connectivity index (χ0v) is 28.6. The summed E-state index contributed by atoms with van der Waals surface area (Å²) in [6, 6.07) is 7.96. The molecule has 0 N–H and O–H groups in total. The molecular weight excluding hydrogens is 576 g/mol. The van der Waals surface area contributed by atoms with Crippen molar-refractivity contribution in [1.82, 2.24) is 0 Å². The van der Waals surface area contributed by atoms with E-state index in [2.05, 4.69) is 55.4 Å². The summed E-state index contributed by atoms with van der Waals surface area (Å²) in [7, 11) is 0. The number of hydrogen-bond donors (Lipinski definition) is 0. The van der Waals surface area contributed by atoms with Gasteiger partial charge in [0.1, 0.15) is 23.0 Å². The molecule has 1 aromatic rings. The molecule has 242 valence electrons. The Morgan fingerprint density at radius 3 is 0.848 bits per heavy atom. The van der Waals surface area contributed by atoms with E-state index in [-0.39, 0.29) is 44.8 Å². The van der Waals surface area contributed by atoms with Crippen molar-refractivity contribution in [3.8, 4) is 0 Å². The number of hydrogen-bond acceptors (Lipinski definition) is 6. The van der Waals surface area contributed by atoms with E-state index in [9.17, 15) is 19.2 Å². The van der Waals surface area contributed by atoms with Crippen LogP contribution in [-0.4, -0.2) is 23.1 Å². The molecule has 0 fully saturated rings. The number of ketones is 4. The smallest absolute Gasteiger partial charge is 0.163 e. The summed E-state index contributed by atoms with van der Waals surface area (Å²) in [5.41, 5.74) is 3.24. The quantitative estimate of drug-likeness (QED) is 0.329. The number of carbonyl (C=O) groups excluding carboxylic acids is 4. The van der Waals surface area contributed by atoms with E-state index in [1.165, 1.54) is 0 Å². The number of carbonyl (C=O) groups is 4. The lowest BCUT2D eigenvalue weighted by Crippen LogP contribution is -2.38. The Hall–Kier alpha value is -3.54. The van der Waals surface area contributed by atoms with Crippen molar-refractivity contribution in [2.45, 2.75) is 119 Å². The van der Waals surface area contributed by atoms with E-state index in [0.29, 0.717) is 96.7 Å². The summed E-state index contributed by atoms with van der Waals surface area (Å²) in [5.74, 6) is 1.92. The Bertz CT molecular complexity index is 1520. The molecule has 6 nitrogen and oxygen atoms in total. The predicted molar refractivity (Wildman–Crippen MR) is 174 cm³/mol. The molecule has 0 radical (unpaired) electrons. The standard InChI is InChI=1S/C40H46O6/c1-37(2)13-23(41)33-27(17-37)45-28-18-38(3,4)14-24(42)34(28)31(33)21-9-11-22(12-10-21)32-35-25(43)15-39(5,6)19-29(35)46-30-20-40(7,8)16-26(44)36(30)32/h9-12,31-32H,13-20H2,1-8H3. The van der Waals surface area contributed by atoms with E-state index in [1.54, 1.807) is 0 Å². The van der Waals surface area contributed by atoms with E-state index in [1.807, 2.05) is 24.3 Å². The van der Waals surface area contributed by atoms with Crippen molar-refractivity contribution in [2.24, 2.45) is 21.7 Å². The minimum absolute atomic E-state index is 0.0318. The maximum absolute atomic E-state index is 13.8. The van der Waals surface area contributed by atoms with Gasteiger partial charge >= 0.3 is 0 Å². The lowest BCUT2D eigenvalue weighted by molar-refractivity contribution is -0.122. The van der Waals surface area contributed by atoms with Gasteiger partial charge in [-0.3, -0.25) is 19.2 Å². The van der Waals surface area contributed by atoms with E-state index in [4.69, 9.17) is 9.47 Å². The first-order valence-corrected chi connectivity index (χ1v) is 16.8. The minimum Gasteiger partial charge on any atom is -0.465 e. The van der Waals surface area contributed by atoms with Crippen LogP contribution >= 0.6 is 0 Å². The molecule has 0 amide bonds. The third-order valence-corrected chi connectivity index (χ3v) is 10.8. The lowest BCUT2D eigenvalue weighted by Gasteiger charge is -2.43. The third-order valence-electron chi connectivity index (χ3n) is 10.8. The molecule has 0 saturated carbocycles. The fourth-order valence-corrected chi connectivity index (χ4v) is 8.90. The number of rotatable bonds is 2. The molecule has 0 saturated heterocycles. The highest BCUT2D eigenvalue weighted by molar-refractivity contribution is 6.07. The van der Waals surface area contributed by atoms with Crippen LogP contribution in [0.4, 0.5) is 0 Å². The number of ether oxygens (including phenoxy) is 2. The summed E-state index contributed by atoms with van der Waals surface area (Å²) >= 11 is 0. The summed E-state index contributed by atoms with van der Waals surface area (Å²) in [6.07, 6.45) is 4.17. The van der Waals surface area contributed by atoms with Crippen molar-refractivity contribution in [3.05, 3.63) is 80.7 Å². The second kappa shape index (κ2) is 9.98. The second-order valence-corrected chi connectivity index (χ2v) is 17.8. The Labute approximate surface area is 272 Å². The van der Waals surface area contributed by atoms with Gasteiger partial charge in [-0.15, -0.1) is 0 Å². The molecule has 0 bridgehead atoms. The highest BCUT2D eigenvalue weighted by Gasteiger charge is 2.50. The second-order valence-electron chi connectivity index (χ2n) is 17.8. The van der Waals surface area contributed by atoms with Crippen LogP contribution in [-0.2, 0) is 28.7 Å². The Morgan fingerprint density at radius 1 is 0.413 bits per heavy atom. The molecule has 0 unspecified atom stereocenters. The average molecular weight is 623 g/mol. The van der Waals surface area contributed by atoms with Gasteiger partial charge in [0.25, 0.3) is 0 Å². The van der Waals surface area contributed by atoms with Crippen LogP contribution in [0.15, 0.2) is 69.6 Å². The Kier molecular flexibility index (Phi) is 6.74. The molecule has 6 aliphatic rings. The number of benzene rings is 1.